The molecule has 1 unspecified atom stereocenters. The first-order chi connectivity index (χ1) is 16.5. The third-order valence-corrected chi connectivity index (χ3v) is 7.36. The Balaban J connectivity index is 1.33. The highest BCUT2D eigenvalue weighted by Crippen LogP contribution is 2.35. The Labute approximate surface area is 203 Å². The van der Waals surface area contributed by atoms with Gasteiger partial charge in [0.25, 0.3) is 0 Å². The molecular weight excluding hydrogens is 448 g/mol. The van der Waals surface area contributed by atoms with Crippen molar-refractivity contribution < 1.29 is 13.9 Å². The smallest absolute Gasteiger partial charge is 0.239 e. The summed E-state index contributed by atoms with van der Waals surface area (Å²) in [7, 11) is 0. The normalized spacial score (nSPS) is 18.2. The molecule has 0 radical (unpaired) electrons. The van der Waals surface area contributed by atoms with Crippen LogP contribution < -0.4 is 14.9 Å². The Morgan fingerprint density at radius 3 is 2.65 bits per heavy atom. The number of benzene rings is 2. The van der Waals surface area contributed by atoms with E-state index < -0.39 is 5.54 Å². The summed E-state index contributed by atoms with van der Waals surface area (Å²) in [5.41, 5.74) is 2.21. The van der Waals surface area contributed by atoms with Crippen LogP contribution in [-0.4, -0.2) is 43.8 Å². The molecule has 0 bridgehead atoms. The molecular formula is C26H30N4O3S. The summed E-state index contributed by atoms with van der Waals surface area (Å²) in [6.07, 6.45) is 2.16. The zero-order valence-corrected chi connectivity index (χ0v) is 20.4. The van der Waals surface area contributed by atoms with E-state index in [1.807, 2.05) is 12.1 Å². The van der Waals surface area contributed by atoms with Gasteiger partial charge in [-0.2, -0.15) is 5.26 Å². The van der Waals surface area contributed by atoms with Gasteiger partial charge in [-0.1, -0.05) is 13.8 Å². The van der Waals surface area contributed by atoms with Crippen molar-refractivity contribution in [2.24, 2.45) is 5.92 Å². The maximum atomic E-state index is 12.9. The van der Waals surface area contributed by atoms with Gasteiger partial charge in [0.2, 0.25) is 5.91 Å². The molecule has 2 fully saturated rings. The number of furan rings is 1. The molecule has 1 saturated heterocycles. The minimum absolute atomic E-state index is 0.106. The quantitative estimate of drug-likeness (QED) is 0.457. The molecule has 1 amide bonds. The summed E-state index contributed by atoms with van der Waals surface area (Å²) in [5.74, 6) is 0.243. The number of ether oxygens (including phenoxy) is 1. The van der Waals surface area contributed by atoms with Gasteiger partial charge in [0.05, 0.1) is 25.3 Å². The second-order valence-electron chi connectivity index (χ2n) is 9.63. The van der Waals surface area contributed by atoms with Gasteiger partial charge in [-0.05, 0) is 67.5 Å². The van der Waals surface area contributed by atoms with Crippen molar-refractivity contribution in [2.45, 2.75) is 49.6 Å². The van der Waals surface area contributed by atoms with Gasteiger partial charge in [0.15, 0.2) is 0 Å². The highest BCUT2D eigenvalue weighted by Gasteiger charge is 2.45. The van der Waals surface area contributed by atoms with Gasteiger partial charge in [0, 0.05) is 40.5 Å². The number of amides is 1. The van der Waals surface area contributed by atoms with Crippen molar-refractivity contribution in [3.8, 4) is 6.07 Å². The van der Waals surface area contributed by atoms with Crippen molar-refractivity contribution in [3.63, 3.8) is 0 Å². The van der Waals surface area contributed by atoms with Gasteiger partial charge in [-0.3, -0.25) is 4.79 Å². The highest BCUT2D eigenvalue weighted by atomic mass is 32.2. The molecule has 2 aromatic carbocycles. The lowest BCUT2D eigenvalue weighted by molar-refractivity contribution is -0.123. The minimum Gasteiger partial charge on any atom is -0.456 e. The Morgan fingerprint density at radius 1 is 1.15 bits per heavy atom. The molecule has 1 aliphatic heterocycles. The van der Waals surface area contributed by atoms with Crippen molar-refractivity contribution in [1.82, 2.24) is 10.0 Å². The van der Waals surface area contributed by atoms with E-state index in [1.54, 1.807) is 0 Å². The zero-order valence-electron chi connectivity index (χ0n) is 19.6. The summed E-state index contributed by atoms with van der Waals surface area (Å²) in [4.78, 5) is 16.2. The average Bonchev–Trinajstić information content (AvgIpc) is 3.53. The summed E-state index contributed by atoms with van der Waals surface area (Å²) in [6.45, 7) is 7.47. The van der Waals surface area contributed by atoms with Crippen LogP contribution in [0.3, 0.4) is 0 Å². The van der Waals surface area contributed by atoms with E-state index in [0.717, 1.165) is 71.7 Å². The maximum Gasteiger partial charge on any atom is 0.239 e. The fourth-order valence-electron chi connectivity index (χ4n) is 4.36. The second-order valence-corrected chi connectivity index (χ2v) is 10.5. The Morgan fingerprint density at radius 2 is 1.94 bits per heavy atom. The van der Waals surface area contributed by atoms with Gasteiger partial charge in [-0.25, -0.2) is 4.72 Å². The van der Waals surface area contributed by atoms with Crippen LogP contribution in [0.2, 0.25) is 0 Å². The number of hydrogen-bond acceptors (Lipinski definition) is 7. The molecule has 2 heterocycles. The van der Waals surface area contributed by atoms with Crippen LogP contribution in [0.5, 0.6) is 0 Å². The highest BCUT2D eigenvalue weighted by molar-refractivity contribution is 7.97. The number of fused-ring (bicyclic) bond motifs is 3. The molecule has 7 nitrogen and oxygen atoms in total. The largest absolute Gasteiger partial charge is 0.456 e. The number of nitrogens with zero attached hydrogens (tertiary/aromatic N) is 2. The van der Waals surface area contributed by atoms with Crippen molar-refractivity contribution in [2.75, 3.05) is 31.2 Å². The van der Waals surface area contributed by atoms with Gasteiger partial charge >= 0.3 is 0 Å². The summed E-state index contributed by atoms with van der Waals surface area (Å²) in [5, 5.41) is 14.4. The van der Waals surface area contributed by atoms with Crippen LogP contribution in [0, 0.1) is 17.2 Å². The number of nitrogens with one attached hydrogen (secondary N) is 2. The molecule has 8 heteroatoms. The van der Waals surface area contributed by atoms with E-state index in [4.69, 9.17) is 9.15 Å². The molecule has 3 aromatic rings. The fourth-order valence-corrected chi connectivity index (χ4v) is 5.15. The maximum absolute atomic E-state index is 12.9. The van der Waals surface area contributed by atoms with Crippen LogP contribution in [0.25, 0.3) is 21.9 Å². The Kier molecular flexibility index (Phi) is 6.43. The molecule has 2 N–H and O–H groups in total. The lowest BCUT2D eigenvalue weighted by atomic mass is 10.0. The molecule has 34 heavy (non-hydrogen) atoms. The summed E-state index contributed by atoms with van der Waals surface area (Å²) in [6, 6.07) is 14.3. The van der Waals surface area contributed by atoms with Crippen LogP contribution in [0.1, 0.15) is 33.1 Å². The zero-order chi connectivity index (χ0) is 23.7. The molecule has 1 saturated carbocycles. The molecule has 5 rings (SSSR count). The predicted molar refractivity (Wildman–Crippen MR) is 135 cm³/mol. The summed E-state index contributed by atoms with van der Waals surface area (Å²) < 4.78 is 15.0. The topological polar surface area (TPSA) is 90.5 Å². The number of hydrogen-bond donors (Lipinski definition) is 2. The van der Waals surface area contributed by atoms with E-state index in [-0.39, 0.29) is 11.9 Å². The van der Waals surface area contributed by atoms with E-state index >= 15 is 0 Å². The fraction of sp³-hybridized carbons (Fsp3) is 0.462. The Hall–Kier alpha value is -2.73. The lowest BCUT2D eigenvalue weighted by Crippen LogP contribution is -2.47. The molecule has 1 aliphatic carbocycles. The van der Waals surface area contributed by atoms with Crippen LogP contribution in [0.4, 0.5) is 5.69 Å². The first-order valence-electron chi connectivity index (χ1n) is 11.9. The third-order valence-electron chi connectivity index (χ3n) is 6.47. The van der Waals surface area contributed by atoms with E-state index in [1.165, 1.54) is 11.9 Å². The number of nitriles is 1. The molecule has 178 valence electrons. The number of carbonyl (C=O) groups excluding carboxylic acids is 1. The Bertz CT molecular complexity index is 1240. The van der Waals surface area contributed by atoms with Gasteiger partial charge in [0.1, 0.15) is 16.7 Å². The lowest BCUT2D eigenvalue weighted by Gasteiger charge is -2.28. The number of morpholine rings is 1. The van der Waals surface area contributed by atoms with Crippen molar-refractivity contribution >= 4 is 45.5 Å². The van der Waals surface area contributed by atoms with Crippen LogP contribution >= 0.6 is 11.9 Å². The number of rotatable bonds is 8. The standard InChI is InChI=1S/C26H30N4O3S/c1-17(2)13-22(25(31)28-26(16-27)7-8-26)29-34-19-4-6-23-21(15-19)20-5-3-18(14-24(20)33-23)30-9-11-32-12-10-30/h3-6,14-15,17,22,29H,7-13H2,1-2H3,(H,28,31). The van der Waals surface area contributed by atoms with Gasteiger partial charge in [-0.15, -0.1) is 0 Å². The minimum atomic E-state index is -0.659. The number of carbonyl (C=O) groups is 1. The van der Waals surface area contributed by atoms with E-state index in [2.05, 4.69) is 59.1 Å². The number of anilines is 1. The molecule has 1 aromatic heterocycles. The summed E-state index contributed by atoms with van der Waals surface area (Å²) >= 11 is 1.45. The SMILES string of the molecule is CC(C)CC(NSc1ccc2oc3cc(N4CCOCC4)ccc3c2c1)C(=O)NC1(C#N)CC1. The van der Waals surface area contributed by atoms with E-state index in [9.17, 15) is 10.1 Å². The molecule has 2 aliphatic rings. The second kappa shape index (κ2) is 9.49. The average molecular weight is 479 g/mol. The monoisotopic (exact) mass is 478 g/mol. The first-order valence-corrected chi connectivity index (χ1v) is 12.7. The van der Waals surface area contributed by atoms with Crippen LogP contribution in [0.15, 0.2) is 45.7 Å². The van der Waals surface area contributed by atoms with Crippen molar-refractivity contribution in [1.29, 1.82) is 5.26 Å². The van der Waals surface area contributed by atoms with Crippen LogP contribution in [-0.2, 0) is 9.53 Å². The third kappa shape index (κ3) is 4.88. The first kappa shape index (κ1) is 23.0. The van der Waals surface area contributed by atoms with E-state index in [0.29, 0.717) is 12.3 Å². The predicted octanol–water partition coefficient (Wildman–Crippen LogP) is 4.61. The van der Waals surface area contributed by atoms with Gasteiger partial charge < -0.3 is 19.4 Å². The molecule has 1 atom stereocenters. The van der Waals surface area contributed by atoms with Crippen molar-refractivity contribution in [3.05, 3.63) is 36.4 Å². The molecule has 0 spiro atoms.